The van der Waals surface area contributed by atoms with E-state index in [2.05, 4.69) is 30.9 Å². The molecule has 0 bridgehead atoms. The summed E-state index contributed by atoms with van der Waals surface area (Å²) in [7, 11) is 0. The second-order valence-electron chi connectivity index (χ2n) is 3.38. The molecule has 0 nitrogen and oxygen atoms in total. The molecule has 1 heteroatoms. The Kier molecular flexibility index (Phi) is 7.09. The van der Waals surface area contributed by atoms with Crippen molar-refractivity contribution in [2.24, 2.45) is 0 Å². The fraction of sp³-hybridized carbons (Fsp3) is 0.429. The minimum atomic E-state index is 0.821. The number of unbranched alkanes of at least 4 members (excludes halogenated alkanes) is 1. The van der Waals surface area contributed by atoms with Crippen molar-refractivity contribution < 1.29 is 0 Å². The van der Waals surface area contributed by atoms with Crippen LogP contribution in [-0.4, -0.2) is 15.0 Å². The van der Waals surface area contributed by atoms with Gasteiger partial charge in [0.2, 0.25) is 0 Å². The SMILES string of the molecule is CCCC[Se]CCC#Cc1ccccc1. The molecule has 0 fully saturated rings. The number of hydrogen-bond acceptors (Lipinski definition) is 0. The van der Waals surface area contributed by atoms with Gasteiger partial charge < -0.3 is 0 Å². The van der Waals surface area contributed by atoms with E-state index in [4.69, 9.17) is 0 Å². The van der Waals surface area contributed by atoms with Crippen LogP contribution in [0.1, 0.15) is 31.7 Å². The molecule has 0 atom stereocenters. The summed E-state index contributed by atoms with van der Waals surface area (Å²) in [4.78, 5) is 0. The Labute approximate surface area is 99.6 Å². The normalized spacial score (nSPS) is 9.40. The van der Waals surface area contributed by atoms with E-state index < -0.39 is 0 Å². The van der Waals surface area contributed by atoms with Crippen LogP contribution in [0.2, 0.25) is 10.6 Å². The van der Waals surface area contributed by atoms with Crippen molar-refractivity contribution in [2.75, 3.05) is 0 Å². The molecule has 0 saturated heterocycles. The van der Waals surface area contributed by atoms with E-state index in [1.165, 1.54) is 23.5 Å². The van der Waals surface area contributed by atoms with Gasteiger partial charge in [-0.25, -0.2) is 0 Å². The number of rotatable bonds is 5. The Morgan fingerprint density at radius 1 is 1.13 bits per heavy atom. The summed E-state index contributed by atoms with van der Waals surface area (Å²) in [5, 5.41) is 2.74. The van der Waals surface area contributed by atoms with Gasteiger partial charge in [0, 0.05) is 0 Å². The fourth-order valence-electron chi connectivity index (χ4n) is 1.16. The molecular formula is C14H18Se. The van der Waals surface area contributed by atoms with Crippen molar-refractivity contribution in [3.8, 4) is 11.8 Å². The van der Waals surface area contributed by atoms with E-state index in [1.807, 2.05) is 18.2 Å². The van der Waals surface area contributed by atoms with Gasteiger partial charge >= 0.3 is 99.5 Å². The molecule has 0 spiro atoms. The first-order chi connectivity index (χ1) is 7.43. The van der Waals surface area contributed by atoms with E-state index in [9.17, 15) is 0 Å². The average molecular weight is 265 g/mol. The molecule has 0 N–H and O–H groups in total. The molecule has 0 saturated carbocycles. The third-order valence-corrected chi connectivity index (χ3v) is 4.27. The van der Waals surface area contributed by atoms with Crippen molar-refractivity contribution >= 4 is 15.0 Å². The average Bonchev–Trinajstić information content (AvgIpc) is 2.29. The zero-order chi connectivity index (χ0) is 10.8. The van der Waals surface area contributed by atoms with Gasteiger partial charge in [0.05, 0.1) is 0 Å². The third kappa shape index (κ3) is 6.39. The van der Waals surface area contributed by atoms with Crippen LogP contribution in [-0.2, 0) is 0 Å². The van der Waals surface area contributed by atoms with Crippen molar-refractivity contribution in [1.82, 2.24) is 0 Å². The zero-order valence-electron chi connectivity index (χ0n) is 9.33. The van der Waals surface area contributed by atoms with Crippen LogP contribution in [0.5, 0.6) is 0 Å². The maximum atomic E-state index is 3.24. The summed E-state index contributed by atoms with van der Waals surface area (Å²) in [6.07, 6.45) is 3.79. The van der Waals surface area contributed by atoms with Crippen LogP contribution in [0.4, 0.5) is 0 Å². The Morgan fingerprint density at radius 3 is 2.67 bits per heavy atom. The number of hydrogen-bond donors (Lipinski definition) is 0. The molecular weight excluding hydrogens is 247 g/mol. The summed E-state index contributed by atoms with van der Waals surface area (Å²) in [5.74, 6) is 6.44. The molecule has 0 amide bonds. The molecule has 15 heavy (non-hydrogen) atoms. The van der Waals surface area contributed by atoms with Crippen LogP contribution < -0.4 is 0 Å². The zero-order valence-corrected chi connectivity index (χ0v) is 11.0. The molecule has 0 heterocycles. The molecule has 1 aromatic carbocycles. The van der Waals surface area contributed by atoms with Gasteiger partial charge in [-0.1, -0.05) is 0 Å². The van der Waals surface area contributed by atoms with Crippen molar-refractivity contribution in [3.05, 3.63) is 35.9 Å². The standard InChI is InChI=1S/C14H18Se/c1-2-3-12-15-13-8-7-11-14-9-5-4-6-10-14/h4-6,9-10H,2-3,8,12-13H2,1H3. The predicted molar refractivity (Wildman–Crippen MR) is 68.2 cm³/mol. The van der Waals surface area contributed by atoms with Gasteiger partial charge in [-0.05, 0) is 0 Å². The second kappa shape index (κ2) is 8.60. The topological polar surface area (TPSA) is 0 Å². The molecule has 80 valence electrons. The number of benzene rings is 1. The van der Waals surface area contributed by atoms with Gasteiger partial charge in [-0.2, -0.15) is 0 Å². The first-order valence-electron chi connectivity index (χ1n) is 5.55. The van der Waals surface area contributed by atoms with Gasteiger partial charge in [-0.3, -0.25) is 0 Å². The first kappa shape index (κ1) is 12.4. The van der Waals surface area contributed by atoms with E-state index in [1.54, 1.807) is 0 Å². The Bertz CT molecular complexity index is 305. The summed E-state index contributed by atoms with van der Waals surface area (Å²) in [6.45, 7) is 2.26. The molecule has 0 unspecified atom stereocenters. The Hall–Kier alpha value is -0.701. The summed E-state index contributed by atoms with van der Waals surface area (Å²) < 4.78 is 0. The molecule has 0 aliphatic heterocycles. The molecule has 0 aliphatic rings. The van der Waals surface area contributed by atoms with Gasteiger partial charge in [-0.15, -0.1) is 0 Å². The van der Waals surface area contributed by atoms with Gasteiger partial charge in [0.25, 0.3) is 0 Å². The van der Waals surface area contributed by atoms with Gasteiger partial charge in [0.1, 0.15) is 0 Å². The molecule has 0 radical (unpaired) electrons. The van der Waals surface area contributed by atoms with E-state index in [0.29, 0.717) is 0 Å². The fourth-order valence-corrected chi connectivity index (χ4v) is 3.14. The first-order valence-corrected chi connectivity index (χ1v) is 7.97. The van der Waals surface area contributed by atoms with E-state index in [0.717, 1.165) is 26.9 Å². The van der Waals surface area contributed by atoms with Crippen molar-refractivity contribution in [2.45, 2.75) is 36.8 Å². The Balaban J connectivity index is 2.12. The van der Waals surface area contributed by atoms with Crippen LogP contribution in [0.3, 0.4) is 0 Å². The summed E-state index contributed by atoms with van der Waals surface area (Å²) in [5.41, 5.74) is 1.14. The monoisotopic (exact) mass is 266 g/mol. The van der Waals surface area contributed by atoms with E-state index in [-0.39, 0.29) is 0 Å². The Morgan fingerprint density at radius 2 is 1.93 bits per heavy atom. The van der Waals surface area contributed by atoms with Crippen LogP contribution in [0.25, 0.3) is 0 Å². The predicted octanol–water partition coefficient (Wildman–Crippen LogP) is 3.77. The minimum absolute atomic E-state index is 0.821. The van der Waals surface area contributed by atoms with E-state index >= 15 is 0 Å². The van der Waals surface area contributed by atoms with Crippen molar-refractivity contribution in [3.63, 3.8) is 0 Å². The molecule has 1 aromatic rings. The second-order valence-corrected chi connectivity index (χ2v) is 5.95. The van der Waals surface area contributed by atoms with Crippen molar-refractivity contribution in [1.29, 1.82) is 0 Å². The summed E-state index contributed by atoms with van der Waals surface area (Å²) >= 11 is 0.821. The molecule has 1 rings (SSSR count). The van der Waals surface area contributed by atoms with Gasteiger partial charge in [0.15, 0.2) is 0 Å². The van der Waals surface area contributed by atoms with Crippen LogP contribution in [0.15, 0.2) is 30.3 Å². The van der Waals surface area contributed by atoms with Crippen LogP contribution >= 0.6 is 0 Å². The van der Waals surface area contributed by atoms with Crippen LogP contribution in [0, 0.1) is 11.8 Å². The third-order valence-electron chi connectivity index (χ3n) is 2.02. The summed E-state index contributed by atoms with van der Waals surface area (Å²) in [6, 6.07) is 10.2. The molecule has 0 aliphatic carbocycles. The quantitative estimate of drug-likeness (QED) is 0.432. The molecule has 0 aromatic heterocycles. The maximum absolute atomic E-state index is 3.24.